The minimum Gasteiger partial charge on any atom is -0.430 e. The van der Waals surface area contributed by atoms with Gasteiger partial charge in [0.25, 0.3) is 0 Å². The van der Waals surface area contributed by atoms with Crippen LogP contribution in [0.1, 0.15) is 61.6 Å². The van der Waals surface area contributed by atoms with Crippen LogP contribution >= 0.6 is 27.3 Å². The van der Waals surface area contributed by atoms with Gasteiger partial charge >= 0.3 is 5.97 Å². The number of rotatable bonds is 6. The number of hydrogen-bond acceptors (Lipinski definition) is 5. The van der Waals surface area contributed by atoms with Gasteiger partial charge in [-0.05, 0) is 64.2 Å². The Morgan fingerprint density at radius 3 is 2.43 bits per heavy atom. The number of allylic oxidation sites excluding steroid dienone is 2. The maximum absolute atomic E-state index is 13.5. The van der Waals surface area contributed by atoms with Crippen molar-refractivity contribution in [3.8, 4) is 10.6 Å². The monoisotopic (exact) mass is 487 g/mol. The van der Waals surface area contributed by atoms with E-state index in [4.69, 9.17) is 9.72 Å². The van der Waals surface area contributed by atoms with Gasteiger partial charge in [0, 0.05) is 20.8 Å². The van der Waals surface area contributed by atoms with Crippen LogP contribution in [0.2, 0.25) is 0 Å². The van der Waals surface area contributed by atoms with E-state index in [2.05, 4.69) is 28.9 Å². The summed E-state index contributed by atoms with van der Waals surface area (Å²) in [5.41, 5.74) is 3.33. The topological polar surface area (TPSA) is 56.3 Å². The van der Waals surface area contributed by atoms with Gasteiger partial charge in [0.1, 0.15) is 10.8 Å². The summed E-state index contributed by atoms with van der Waals surface area (Å²) in [6, 6.07) is 6.11. The van der Waals surface area contributed by atoms with Gasteiger partial charge in [-0.3, -0.25) is 9.59 Å². The van der Waals surface area contributed by atoms with Gasteiger partial charge in [-0.15, -0.1) is 11.3 Å². The lowest BCUT2D eigenvalue weighted by atomic mass is 9.93. The summed E-state index contributed by atoms with van der Waals surface area (Å²) < 4.78 is 6.68. The lowest BCUT2D eigenvalue weighted by molar-refractivity contribution is -0.140. The molecule has 4 rings (SSSR count). The molecule has 0 aliphatic heterocycles. The van der Waals surface area contributed by atoms with Crippen molar-refractivity contribution in [1.82, 2.24) is 4.98 Å². The first kappa shape index (κ1) is 21.4. The number of benzene rings is 1. The van der Waals surface area contributed by atoms with Crippen molar-refractivity contribution in [3.05, 3.63) is 44.6 Å². The average Bonchev–Trinajstić information content (AvgIpc) is 3.28. The highest BCUT2D eigenvalue weighted by atomic mass is 79.9. The quantitative estimate of drug-likeness (QED) is 0.260. The predicted molar refractivity (Wildman–Crippen MR) is 123 cm³/mol. The standard InChI is InChI=1S/C24H26BrNO3S/c1-13-12-18(25)10-11-19(13)23-26-21(15(3)30-23)20(22(27)16-6-4-5-7-16)14(2)29-24(28)17-8-9-17/h10-12,16-17H,4-9H2,1-3H3/b20-14+. The number of halogens is 1. The van der Waals surface area contributed by atoms with Crippen LogP contribution in [-0.2, 0) is 14.3 Å². The number of thiazole rings is 1. The molecule has 0 spiro atoms. The zero-order valence-electron chi connectivity index (χ0n) is 17.6. The first-order valence-electron chi connectivity index (χ1n) is 10.6. The molecule has 158 valence electrons. The van der Waals surface area contributed by atoms with E-state index in [0.717, 1.165) is 64.0 Å². The Morgan fingerprint density at radius 2 is 1.80 bits per heavy atom. The molecule has 6 heteroatoms. The fourth-order valence-corrected chi connectivity index (χ4v) is 5.55. The number of ether oxygens (including phenoxy) is 1. The Hall–Kier alpha value is -1.79. The minimum atomic E-state index is -0.221. The van der Waals surface area contributed by atoms with Gasteiger partial charge in [0.15, 0.2) is 5.78 Å². The number of hydrogen-bond donors (Lipinski definition) is 0. The highest BCUT2D eigenvalue weighted by Crippen LogP contribution is 2.39. The smallest absolute Gasteiger partial charge is 0.314 e. The third kappa shape index (κ3) is 4.45. The van der Waals surface area contributed by atoms with Crippen LogP contribution in [0, 0.1) is 25.7 Å². The van der Waals surface area contributed by atoms with Crippen LogP contribution in [0.4, 0.5) is 0 Å². The maximum atomic E-state index is 13.5. The van der Waals surface area contributed by atoms with Crippen molar-refractivity contribution in [1.29, 1.82) is 0 Å². The number of nitrogens with zero attached hydrogens (tertiary/aromatic N) is 1. The van der Waals surface area contributed by atoms with Gasteiger partial charge in [-0.2, -0.15) is 0 Å². The minimum absolute atomic E-state index is 0.00598. The second-order valence-electron chi connectivity index (χ2n) is 8.36. The lowest BCUT2D eigenvalue weighted by Crippen LogP contribution is -2.17. The first-order valence-corrected chi connectivity index (χ1v) is 12.2. The molecular formula is C24H26BrNO3S. The SMILES string of the molecule is C/C(OC(=O)C1CC1)=C(\C(=O)C1CCCC1)c1nc(-c2ccc(Br)cc2C)sc1C. The molecule has 1 aromatic heterocycles. The molecule has 2 aromatic rings. The molecule has 2 aliphatic carbocycles. The molecule has 0 atom stereocenters. The van der Waals surface area contributed by atoms with Crippen molar-refractivity contribution >= 4 is 44.6 Å². The van der Waals surface area contributed by atoms with E-state index in [0.29, 0.717) is 17.0 Å². The number of Topliss-reactive ketones (excluding diaryl/α,β-unsaturated/α-hetero) is 1. The molecule has 1 heterocycles. The van der Waals surface area contributed by atoms with Gasteiger partial charge in [0.05, 0.1) is 17.2 Å². The second-order valence-corrected chi connectivity index (χ2v) is 10.5. The van der Waals surface area contributed by atoms with E-state index in [1.165, 1.54) is 0 Å². The highest BCUT2D eigenvalue weighted by Gasteiger charge is 2.35. The maximum Gasteiger partial charge on any atom is 0.314 e. The molecule has 4 nitrogen and oxygen atoms in total. The molecule has 2 aliphatic rings. The molecule has 0 radical (unpaired) electrons. The third-order valence-corrected chi connectivity index (χ3v) is 7.44. The average molecular weight is 488 g/mol. The molecule has 0 amide bonds. The summed E-state index contributed by atoms with van der Waals surface area (Å²) in [4.78, 5) is 31.6. The summed E-state index contributed by atoms with van der Waals surface area (Å²) in [5, 5.41) is 0.880. The van der Waals surface area contributed by atoms with Crippen molar-refractivity contribution in [2.24, 2.45) is 11.8 Å². The second kappa shape index (κ2) is 8.75. The predicted octanol–water partition coefficient (Wildman–Crippen LogP) is 6.63. The summed E-state index contributed by atoms with van der Waals surface area (Å²) >= 11 is 5.09. The van der Waals surface area contributed by atoms with E-state index in [1.807, 2.05) is 19.1 Å². The zero-order valence-corrected chi connectivity index (χ0v) is 20.0. The fraction of sp³-hybridized carbons (Fsp3) is 0.458. The molecule has 1 aromatic carbocycles. The molecule has 30 heavy (non-hydrogen) atoms. The first-order chi connectivity index (χ1) is 14.3. The lowest BCUT2D eigenvalue weighted by Gasteiger charge is -2.14. The van der Waals surface area contributed by atoms with Gasteiger partial charge in [0.2, 0.25) is 0 Å². The third-order valence-electron chi connectivity index (χ3n) is 5.94. The van der Waals surface area contributed by atoms with Crippen molar-refractivity contribution in [2.75, 3.05) is 0 Å². The molecule has 0 saturated heterocycles. The van der Waals surface area contributed by atoms with E-state index in [-0.39, 0.29) is 23.6 Å². The van der Waals surface area contributed by atoms with Gasteiger partial charge in [-0.1, -0.05) is 34.8 Å². The largest absolute Gasteiger partial charge is 0.430 e. The summed E-state index contributed by atoms with van der Waals surface area (Å²) in [7, 11) is 0. The Morgan fingerprint density at radius 1 is 1.10 bits per heavy atom. The van der Waals surface area contributed by atoms with Crippen molar-refractivity contribution in [2.45, 2.75) is 59.3 Å². The van der Waals surface area contributed by atoms with E-state index >= 15 is 0 Å². The van der Waals surface area contributed by atoms with Gasteiger partial charge < -0.3 is 4.74 Å². The Bertz CT molecular complexity index is 1030. The highest BCUT2D eigenvalue weighted by molar-refractivity contribution is 9.10. The van der Waals surface area contributed by atoms with Crippen molar-refractivity contribution in [3.63, 3.8) is 0 Å². The van der Waals surface area contributed by atoms with Crippen LogP contribution in [0.15, 0.2) is 28.4 Å². The molecule has 0 bridgehead atoms. The van der Waals surface area contributed by atoms with Crippen molar-refractivity contribution < 1.29 is 14.3 Å². The number of esters is 1. The molecular weight excluding hydrogens is 462 g/mol. The van der Waals surface area contributed by atoms with E-state index in [1.54, 1.807) is 18.3 Å². The van der Waals surface area contributed by atoms with Gasteiger partial charge in [-0.25, -0.2) is 4.98 Å². The van der Waals surface area contributed by atoms with E-state index < -0.39 is 0 Å². The zero-order chi connectivity index (χ0) is 21.4. The number of aromatic nitrogens is 1. The van der Waals surface area contributed by atoms with Crippen LogP contribution in [0.5, 0.6) is 0 Å². The summed E-state index contributed by atoms with van der Waals surface area (Å²) in [6.07, 6.45) is 5.69. The molecule has 0 unspecified atom stereocenters. The molecule has 0 N–H and O–H groups in total. The van der Waals surface area contributed by atoms with Crippen LogP contribution < -0.4 is 0 Å². The molecule has 2 saturated carbocycles. The van der Waals surface area contributed by atoms with E-state index in [9.17, 15) is 9.59 Å². The van der Waals surface area contributed by atoms with Crippen LogP contribution in [-0.4, -0.2) is 16.7 Å². The Balaban J connectivity index is 1.75. The molecule has 2 fully saturated rings. The number of aryl methyl sites for hydroxylation is 2. The summed E-state index contributed by atoms with van der Waals surface area (Å²) in [5.74, 6) is 0.229. The number of carbonyl (C=O) groups excluding carboxylic acids is 2. The number of carbonyl (C=O) groups is 2. The Kier molecular flexibility index (Phi) is 6.26. The van der Waals surface area contributed by atoms with Crippen LogP contribution in [0.3, 0.4) is 0 Å². The fourth-order valence-electron chi connectivity index (χ4n) is 4.06. The number of ketones is 1. The summed E-state index contributed by atoms with van der Waals surface area (Å²) in [6.45, 7) is 5.79. The normalized spacial score (nSPS) is 17.7. The van der Waals surface area contributed by atoms with Crippen LogP contribution in [0.25, 0.3) is 16.1 Å². The Labute approximate surface area is 189 Å².